The van der Waals surface area contributed by atoms with E-state index in [2.05, 4.69) is 13.8 Å². The van der Waals surface area contributed by atoms with Crippen LogP contribution in [0, 0.1) is 28.6 Å². The van der Waals surface area contributed by atoms with Crippen molar-refractivity contribution in [1.29, 1.82) is 0 Å². The molecule has 2 aliphatic carbocycles. The van der Waals surface area contributed by atoms with Crippen molar-refractivity contribution in [3.8, 4) is 0 Å². The number of rotatable bonds is 8. The van der Waals surface area contributed by atoms with Crippen molar-refractivity contribution in [2.45, 2.75) is 72.6 Å². The lowest BCUT2D eigenvalue weighted by atomic mass is 9.70. The lowest BCUT2D eigenvalue weighted by Crippen LogP contribution is -2.43. The summed E-state index contributed by atoms with van der Waals surface area (Å²) in [6, 6.07) is 0. The van der Waals surface area contributed by atoms with Gasteiger partial charge < -0.3 is 0 Å². The van der Waals surface area contributed by atoms with Crippen LogP contribution in [-0.2, 0) is 14.9 Å². The van der Waals surface area contributed by atoms with Gasteiger partial charge in [-0.25, -0.2) is 0 Å². The molecule has 2 bridgehead atoms. The Morgan fingerprint density at radius 1 is 1.30 bits per heavy atom. The maximum Gasteiger partial charge on any atom is 0.265 e. The van der Waals surface area contributed by atoms with Crippen molar-refractivity contribution in [2.24, 2.45) is 28.6 Å². The fraction of sp³-hybridized carbons (Fsp3) is 0.944. The van der Waals surface area contributed by atoms with Gasteiger partial charge in [-0.05, 0) is 36.5 Å². The molecule has 0 radical (unpaired) electrons. The van der Waals surface area contributed by atoms with Gasteiger partial charge in [0, 0.05) is 5.92 Å². The van der Waals surface area contributed by atoms with Gasteiger partial charge in [-0.1, -0.05) is 53.4 Å². The largest absolute Gasteiger partial charge is 0.299 e. The molecule has 1 N–H and O–H groups in total. The van der Waals surface area contributed by atoms with E-state index in [1.807, 2.05) is 13.8 Å². The molecule has 23 heavy (non-hydrogen) atoms. The van der Waals surface area contributed by atoms with E-state index in [9.17, 15) is 17.8 Å². The van der Waals surface area contributed by atoms with E-state index in [0.717, 1.165) is 32.1 Å². The van der Waals surface area contributed by atoms with Crippen LogP contribution in [0.1, 0.15) is 72.6 Å². The normalized spacial score (nSPS) is 34.0. The van der Waals surface area contributed by atoms with Crippen LogP contribution in [0.5, 0.6) is 0 Å². The summed E-state index contributed by atoms with van der Waals surface area (Å²) in [7, 11) is -4.15. The van der Waals surface area contributed by atoms with Crippen LogP contribution < -0.4 is 0 Å². The number of unbranched alkanes of at least 4 members (excludes halogenated alkanes) is 1. The van der Waals surface area contributed by atoms with Gasteiger partial charge in [0.25, 0.3) is 10.1 Å². The highest BCUT2D eigenvalue weighted by atomic mass is 32.2. The van der Waals surface area contributed by atoms with E-state index in [1.165, 1.54) is 6.42 Å². The molecule has 2 saturated carbocycles. The Hall–Kier alpha value is -0.420. The fourth-order valence-electron chi connectivity index (χ4n) is 5.37. The van der Waals surface area contributed by atoms with E-state index in [4.69, 9.17) is 0 Å². The quantitative estimate of drug-likeness (QED) is 0.673. The van der Waals surface area contributed by atoms with E-state index in [1.54, 1.807) is 0 Å². The summed E-state index contributed by atoms with van der Waals surface area (Å²) in [6.45, 7) is 8.41. The standard InChI is InChI=1S/C18H32O4S/c1-5-7-8-13(6-2)11-14-15-9-10-18(16(14)19,17(15,3)4)12-23(20,21)22/h13-15H,5-12H2,1-4H3,(H,20,21,22). The maximum atomic E-state index is 13.1. The molecule has 2 rings (SSSR count). The second-order valence-electron chi connectivity index (χ2n) is 8.30. The number of hydrogen-bond acceptors (Lipinski definition) is 3. The first kappa shape index (κ1) is 18.9. The van der Waals surface area contributed by atoms with Crippen LogP contribution in [0.2, 0.25) is 0 Å². The maximum absolute atomic E-state index is 13.1. The molecule has 5 heteroatoms. The zero-order valence-corrected chi connectivity index (χ0v) is 15.8. The zero-order valence-electron chi connectivity index (χ0n) is 15.0. The molecule has 0 aromatic heterocycles. The summed E-state index contributed by atoms with van der Waals surface area (Å²) in [5, 5.41) is 0. The van der Waals surface area contributed by atoms with Gasteiger partial charge in [-0.2, -0.15) is 8.42 Å². The minimum atomic E-state index is -4.15. The predicted molar refractivity (Wildman–Crippen MR) is 91.8 cm³/mol. The van der Waals surface area contributed by atoms with Gasteiger partial charge in [0.05, 0.1) is 11.2 Å². The first-order valence-corrected chi connectivity index (χ1v) is 10.7. The Balaban J connectivity index is 2.24. The van der Waals surface area contributed by atoms with Gasteiger partial charge in [0.2, 0.25) is 0 Å². The minimum Gasteiger partial charge on any atom is -0.299 e. The van der Waals surface area contributed by atoms with Crippen molar-refractivity contribution in [1.82, 2.24) is 0 Å². The molecule has 0 aliphatic heterocycles. The zero-order chi connectivity index (χ0) is 17.5. The first-order valence-electron chi connectivity index (χ1n) is 9.08. The third-order valence-electron chi connectivity index (χ3n) is 6.90. The smallest absolute Gasteiger partial charge is 0.265 e. The molecule has 0 aromatic carbocycles. The van der Waals surface area contributed by atoms with Gasteiger partial charge >= 0.3 is 0 Å². The molecule has 134 valence electrons. The monoisotopic (exact) mass is 344 g/mol. The molecule has 4 nitrogen and oxygen atoms in total. The molecular weight excluding hydrogens is 312 g/mol. The average molecular weight is 345 g/mol. The summed E-state index contributed by atoms with van der Waals surface area (Å²) in [5.74, 6) is 0.479. The number of carbonyl (C=O) groups excluding carboxylic acids is 1. The van der Waals surface area contributed by atoms with Crippen LogP contribution in [0.25, 0.3) is 0 Å². The topological polar surface area (TPSA) is 71.4 Å². The van der Waals surface area contributed by atoms with Gasteiger partial charge in [-0.15, -0.1) is 0 Å². The Bertz CT molecular complexity index is 551. The van der Waals surface area contributed by atoms with Crippen LogP contribution >= 0.6 is 0 Å². The molecule has 2 aliphatic rings. The minimum absolute atomic E-state index is 0.0256. The fourth-order valence-corrected chi connectivity index (χ4v) is 6.66. The summed E-state index contributed by atoms with van der Waals surface area (Å²) in [5.41, 5.74) is -1.22. The molecule has 0 aromatic rings. The molecule has 4 atom stereocenters. The lowest BCUT2D eigenvalue weighted by molar-refractivity contribution is -0.132. The molecule has 2 fully saturated rings. The van der Waals surface area contributed by atoms with Crippen molar-refractivity contribution >= 4 is 15.9 Å². The van der Waals surface area contributed by atoms with Gasteiger partial charge in [0.15, 0.2) is 0 Å². The van der Waals surface area contributed by atoms with Crippen LogP contribution in [0.3, 0.4) is 0 Å². The summed E-state index contributed by atoms with van der Waals surface area (Å²) < 4.78 is 32.5. The number of fused-ring (bicyclic) bond motifs is 2. The number of carbonyl (C=O) groups is 1. The van der Waals surface area contributed by atoms with E-state index >= 15 is 0 Å². The van der Waals surface area contributed by atoms with Crippen molar-refractivity contribution in [2.75, 3.05) is 5.75 Å². The SMILES string of the molecule is CCCCC(CC)CC1C(=O)C2(CS(=O)(=O)O)CCC1C2(C)C. The molecule has 0 saturated heterocycles. The van der Waals surface area contributed by atoms with E-state index < -0.39 is 21.3 Å². The molecule has 0 spiro atoms. The Morgan fingerprint density at radius 3 is 2.48 bits per heavy atom. The summed E-state index contributed by atoms with van der Waals surface area (Å²) >= 11 is 0. The lowest BCUT2D eigenvalue weighted by Gasteiger charge is -2.35. The van der Waals surface area contributed by atoms with Crippen molar-refractivity contribution in [3.05, 3.63) is 0 Å². The number of hydrogen-bond donors (Lipinski definition) is 1. The Labute approximate surface area is 141 Å². The van der Waals surface area contributed by atoms with Crippen molar-refractivity contribution < 1.29 is 17.8 Å². The highest BCUT2D eigenvalue weighted by molar-refractivity contribution is 7.85. The Kier molecular flexibility index (Phi) is 5.32. The average Bonchev–Trinajstić information content (AvgIpc) is 2.76. The van der Waals surface area contributed by atoms with Gasteiger partial charge in [-0.3, -0.25) is 9.35 Å². The second kappa shape index (κ2) is 6.47. The molecule has 4 unspecified atom stereocenters. The molecule has 0 amide bonds. The van der Waals surface area contributed by atoms with Gasteiger partial charge in [0.1, 0.15) is 5.78 Å². The van der Waals surface area contributed by atoms with E-state index in [0.29, 0.717) is 12.3 Å². The Morgan fingerprint density at radius 2 is 1.96 bits per heavy atom. The van der Waals surface area contributed by atoms with Crippen molar-refractivity contribution in [3.63, 3.8) is 0 Å². The first-order chi connectivity index (χ1) is 10.6. The summed E-state index contributed by atoms with van der Waals surface area (Å²) in [4.78, 5) is 13.1. The molecular formula is C18H32O4S. The third kappa shape index (κ3) is 3.23. The highest BCUT2D eigenvalue weighted by Crippen LogP contribution is 2.67. The van der Waals surface area contributed by atoms with Crippen LogP contribution in [0.15, 0.2) is 0 Å². The predicted octanol–water partition coefficient (Wildman–Crippen LogP) is 4.10. The molecule has 0 heterocycles. The second-order valence-corrected chi connectivity index (χ2v) is 9.75. The van der Waals surface area contributed by atoms with Crippen LogP contribution in [0.4, 0.5) is 0 Å². The van der Waals surface area contributed by atoms with E-state index in [-0.39, 0.29) is 23.0 Å². The number of ketones is 1. The number of Topliss-reactive ketones (excluding diaryl/α,β-unsaturated/α-hetero) is 1. The highest BCUT2D eigenvalue weighted by Gasteiger charge is 2.69. The van der Waals surface area contributed by atoms with Crippen LogP contribution in [-0.4, -0.2) is 24.5 Å². The third-order valence-corrected chi connectivity index (χ3v) is 7.75. The summed E-state index contributed by atoms with van der Waals surface area (Å²) in [6.07, 6.45) is 6.96.